The van der Waals surface area contributed by atoms with Gasteiger partial charge in [-0.25, -0.2) is 4.39 Å². The molecule has 168 valence electrons. The van der Waals surface area contributed by atoms with Gasteiger partial charge in [0.05, 0.1) is 5.57 Å². The van der Waals surface area contributed by atoms with Crippen molar-refractivity contribution in [1.29, 1.82) is 0 Å². The number of nitrogens with zero attached hydrogens (tertiary/aromatic N) is 2. The van der Waals surface area contributed by atoms with E-state index in [1.165, 1.54) is 17.0 Å². The minimum Gasteiger partial charge on any atom is -0.378 e. The molecule has 0 atom stereocenters. The Labute approximate surface area is 193 Å². The van der Waals surface area contributed by atoms with Crippen molar-refractivity contribution in [2.24, 2.45) is 0 Å². The summed E-state index contributed by atoms with van der Waals surface area (Å²) in [4.78, 5) is 29.9. The molecule has 0 saturated heterocycles. The fourth-order valence-corrected chi connectivity index (χ4v) is 3.76. The minimum absolute atomic E-state index is 0.212. The number of halogens is 1. The molecule has 0 bridgehead atoms. The second kappa shape index (κ2) is 9.28. The molecule has 0 aliphatic carbocycles. The van der Waals surface area contributed by atoms with Gasteiger partial charge in [0.15, 0.2) is 0 Å². The molecule has 0 fully saturated rings. The van der Waals surface area contributed by atoms with E-state index in [1.807, 2.05) is 74.4 Å². The van der Waals surface area contributed by atoms with Crippen LogP contribution in [0.2, 0.25) is 0 Å². The maximum absolute atomic E-state index is 13.4. The highest BCUT2D eigenvalue weighted by Crippen LogP contribution is 2.31. The fourth-order valence-electron chi connectivity index (χ4n) is 3.76. The van der Waals surface area contributed by atoms with Crippen LogP contribution in [0.25, 0.3) is 5.57 Å². The van der Waals surface area contributed by atoms with Gasteiger partial charge in [0.2, 0.25) is 0 Å². The van der Waals surface area contributed by atoms with E-state index in [1.54, 1.807) is 12.1 Å². The summed E-state index contributed by atoms with van der Waals surface area (Å²) in [5, 5.41) is 3.19. The Morgan fingerprint density at radius 1 is 0.848 bits per heavy atom. The van der Waals surface area contributed by atoms with Crippen molar-refractivity contribution in [2.75, 3.05) is 30.9 Å². The summed E-state index contributed by atoms with van der Waals surface area (Å²) < 4.78 is 13.2. The minimum atomic E-state index is -0.366. The summed E-state index contributed by atoms with van der Waals surface area (Å²) in [7, 11) is 3.91. The zero-order valence-corrected chi connectivity index (χ0v) is 18.9. The first-order valence-corrected chi connectivity index (χ1v) is 10.8. The van der Waals surface area contributed by atoms with Crippen LogP contribution in [0.3, 0.4) is 0 Å². The van der Waals surface area contributed by atoms with Gasteiger partial charge in [0.1, 0.15) is 11.5 Å². The van der Waals surface area contributed by atoms with Crippen LogP contribution in [0.5, 0.6) is 0 Å². The predicted molar refractivity (Wildman–Crippen MR) is 129 cm³/mol. The first-order valence-electron chi connectivity index (χ1n) is 10.8. The number of benzene rings is 3. The quantitative estimate of drug-likeness (QED) is 0.541. The van der Waals surface area contributed by atoms with Crippen LogP contribution in [-0.4, -0.2) is 37.4 Å². The number of aryl methyl sites for hydroxylation is 1. The Hall–Kier alpha value is -3.93. The molecule has 3 aromatic carbocycles. The predicted octanol–water partition coefficient (Wildman–Crippen LogP) is 4.63. The summed E-state index contributed by atoms with van der Waals surface area (Å²) in [6, 6.07) is 21.3. The molecule has 4 rings (SSSR count). The molecule has 1 aliphatic rings. The molecular formula is C27H26FN3O2. The zero-order chi connectivity index (χ0) is 23.5. The monoisotopic (exact) mass is 443 g/mol. The zero-order valence-electron chi connectivity index (χ0n) is 18.9. The van der Waals surface area contributed by atoms with Gasteiger partial charge in [0, 0.05) is 32.0 Å². The van der Waals surface area contributed by atoms with Crippen molar-refractivity contribution in [3.8, 4) is 0 Å². The lowest BCUT2D eigenvalue weighted by Gasteiger charge is -2.16. The molecule has 0 unspecified atom stereocenters. The highest BCUT2D eigenvalue weighted by Gasteiger charge is 2.38. The lowest BCUT2D eigenvalue weighted by molar-refractivity contribution is -0.136. The lowest BCUT2D eigenvalue weighted by atomic mass is 10.0. The van der Waals surface area contributed by atoms with E-state index >= 15 is 0 Å². The number of hydrogen-bond acceptors (Lipinski definition) is 4. The maximum Gasteiger partial charge on any atom is 0.278 e. The van der Waals surface area contributed by atoms with Crippen LogP contribution in [0.4, 0.5) is 15.8 Å². The van der Waals surface area contributed by atoms with Crippen LogP contribution < -0.4 is 10.2 Å². The first kappa shape index (κ1) is 22.3. The van der Waals surface area contributed by atoms with Crippen molar-refractivity contribution in [3.05, 3.63) is 101 Å². The third-order valence-electron chi connectivity index (χ3n) is 5.70. The lowest BCUT2D eigenvalue weighted by Crippen LogP contribution is -2.34. The molecule has 0 spiro atoms. The topological polar surface area (TPSA) is 52.7 Å². The standard InChI is InChI=1S/C27H26FN3O2/c1-18-4-8-20(9-5-18)24-25(29-22-12-14-23(15-13-22)30(2)3)27(33)31(26(24)32)17-16-19-6-10-21(28)11-7-19/h4-15,29H,16-17H2,1-3H3. The van der Waals surface area contributed by atoms with Gasteiger partial charge in [-0.15, -0.1) is 0 Å². The number of anilines is 2. The molecule has 1 aliphatic heterocycles. The SMILES string of the molecule is Cc1ccc(C2=C(Nc3ccc(N(C)C)cc3)C(=O)N(CCc3ccc(F)cc3)C2=O)cc1. The van der Waals surface area contributed by atoms with Gasteiger partial charge >= 0.3 is 0 Å². The first-order chi connectivity index (χ1) is 15.8. The number of rotatable bonds is 7. The average Bonchev–Trinajstić information content (AvgIpc) is 3.03. The van der Waals surface area contributed by atoms with Crippen molar-refractivity contribution >= 4 is 28.8 Å². The summed E-state index contributed by atoms with van der Waals surface area (Å²) >= 11 is 0. The molecule has 1 heterocycles. The third-order valence-corrected chi connectivity index (χ3v) is 5.70. The largest absolute Gasteiger partial charge is 0.378 e. The van der Waals surface area contributed by atoms with Gasteiger partial charge in [-0.1, -0.05) is 42.0 Å². The van der Waals surface area contributed by atoms with E-state index in [4.69, 9.17) is 0 Å². The molecule has 0 saturated carbocycles. The second-order valence-electron chi connectivity index (χ2n) is 8.32. The van der Waals surface area contributed by atoms with Crippen molar-refractivity contribution in [3.63, 3.8) is 0 Å². The third kappa shape index (κ3) is 4.80. The Bertz CT molecular complexity index is 1200. The Balaban J connectivity index is 1.63. The summed E-state index contributed by atoms with van der Waals surface area (Å²) in [6.45, 7) is 2.18. The van der Waals surface area contributed by atoms with Crippen molar-refractivity contribution in [2.45, 2.75) is 13.3 Å². The summed E-state index contributed by atoms with van der Waals surface area (Å²) in [6.07, 6.45) is 0.448. The van der Waals surface area contributed by atoms with E-state index in [0.29, 0.717) is 17.6 Å². The molecule has 1 N–H and O–H groups in total. The van der Waals surface area contributed by atoms with Crippen molar-refractivity contribution in [1.82, 2.24) is 4.90 Å². The molecular weight excluding hydrogens is 417 g/mol. The van der Waals surface area contributed by atoms with Crippen LogP contribution in [0.15, 0.2) is 78.5 Å². The molecule has 2 amide bonds. The molecule has 33 heavy (non-hydrogen) atoms. The molecule has 0 aromatic heterocycles. The Kier molecular flexibility index (Phi) is 6.27. The van der Waals surface area contributed by atoms with Gasteiger partial charge in [-0.3, -0.25) is 14.5 Å². The van der Waals surface area contributed by atoms with Crippen LogP contribution in [-0.2, 0) is 16.0 Å². The molecule has 0 radical (unpaired) electrons. The van der Waals surface area contributed by atoms with E-state index in [2.05, 4.69) is 5.32 Å². The van der Waals surface area contributed by atoms with Gasteiger partial charge in [-0.2, -0.15) is 0 Å². The number of imide groups is 1. The second-order valence-corrected chi connectivity index (χ2v) is 8.32. The summed E-state index contributed by atoms with van der Waals surface area (Å²) in [5.41, 5.74) is 4.99. The number of hydrogen-bond donors (Lipinski definition) is 1. The van der Waals surface area contributed by atoms with Gasteiger partial charge in [0.25, 0.3) is 11.8 Å². The van der Waals surface area contributed by atoms with Crippen LogP contribution in [0, 0.1) is 12.7 Å². The van der Waals surface area contributed by atoms with E-state index in [0.717, 1.165) is 22.5 Å². The van der Waals surface area contributed by atoms with Gasteiger partial charge in [-0.05, 0) is 60.9 Å². The van der Waals surface area contributed by atoms with Gasteiger partial charge < -0.3 is 10.2 Å². The van der Waals surface area contributed by atoms with E-state index in [-0.39, 0.29) is 29.9 Å². The number of carbonyl (C=O) groups excluding carboxylic acids is 2. The molecule has 6 heteroatoms. The fraction of sp³-hybridized carbons (Fsp3) is 0.185. The number of nitrogens with one attached hydrogen (secondary N) is 1. The number of amides is 2. The van der Waals surface area contributed by atoms with Crippen molar-refractivity contribution < 1.29 is 14.0 Å². The Morgan fingerprint density at radius 3 is 2.09 bits per heavy atom. The average molecular weight is 444 g/mol. The van der Waals surface area contributed by atoms with E-state index in [9.17, 15) is 14.0 Å². The highest BCUT2D eigenvalue weighted by molar-refractivity contribution is 6.36. The molecule has 5 nitrogen and oxygen atoms in total. The maximum atomic E-state index is 13.4. The van der Waals surface area contributed by atoms with E-state index < -0.39 is 0 Å². The van der Waals surface area contributed by atoms with Crippen LogP contribution >= 0.6 is 0 Å². The highest BCUT2D eigenvalue weighted by atomic mass is 19.1. The van der Waals surface area contributed by atoms with Crippen LogP contribution in [0.1, 0.15) is 16.7 Å². The summed E-state index contributed by atoms with van der Waals surface area (Å²) in [5.74, 6) is -1.02. The normalized spacial score (nSPS) is 13.6. The molecule has 3 aromatic rings. The number of carbonyl (C=O) groups is 2. The smallest absolute Gasteiger partial charge is 0.278 e. The Morgan fingerprint density at radius 2 is 1.48 bits per heavy atom.